The highest BCUT2D eigenvalue weighted by Gasteiger charge is 2.31. The molecule has 0 bridgehead atoms. The molecule has 8 heteroatoms. The van der Waals surface area contributed by atoms with E-state index in [4.69, 9.17) is 4.74 Å². The maximum absolute atomic E-state index is 12.8. The fourth-order valence-corrected chi connectivity index (χ4v) is 5.65. The van der Waals surface area contributed by atoms with Gasteiger partial charge in [0.25, 0.3) is 5.91 Å². The SMILES string of the molecule is COCc1ccccc1NC(=O)c1sccc1S(=O)(=O)N1CCCC1. The predicted octanol–water partition coefficient (Wildman–Crippen LogP) is 2.93. The van der Waals surface area contributed by atoms with Gasteiger partial charge < -0.3 is 10.1 Å². The molecule has 1 saturated heterocycles. The molecule has 2 heterocycles. The highest BCUT2D eigenvalue weighted by Crippen LogP contribution is 2.28. The molecule has 1 aliphatic heterocycles. The Labute approximate surface area is 151 Å². The van der Waals surface area contributed by atoms with E-state index in [9.17, 15) is 13.2 Å². The Morgan fingerprint density at radius 1 is 1.24 bits per heavy atom. The lowest BCUT2D eigenvalue weighted by Crippen LogP contribution is -2.29. The van der Waals surface area contributed by atoms with Gasteiger partial charge in [0.05, 0.1) is 6.61 Å². The van der Waals surface area contributed by atoms with Gasteiger partial charge in [-0.25, -0.2) is 8.42 Å². The van der Waals surface area contributed by atoms with Crippen LogP contribution < -0.4 is 5.32 Å². The standard InChI is InChI=1S/C17H20N2O4S2/c1-23-12-13-6-2-3-7-14(13)18-17(20)16-15(8-11-24-16)25(21,22)19-9-4-5-10-19/h2-3,6-8,11H,4-5,9-10,12H2,1H3,(H,18,20). The van der Waals surface area contributed by atoms with Gasteiger partial charge in [0, 0.05) is 31.5 Å². The van der Waals surface area contributed by atoms with E-state index in [1.165, 1.54) is 10.4 Å². The zero-order chi connectivity index (χ0) is 17.9. The van der Waals surface area contributed by atoms with E-state index in [0.29, 0.717) is 25.4 Å². The molecule has 1 aliphatic rings. The lowest BCUT2D eigenvalue weighted by Gasteiger charge is -2.16. The van der Waals surface area contributed by atoms with Gasteiger partial charge in [0.15, 0.2) is 0 Å². The average molecular weight is 380 g/mol. The second-order valence-corrected chi connectivity index (χ2v) is 8.59. The Morgan fingerprint density at radius 3 is 2.68 bits per heavy atom. The molecule has 0 saturated carbocycles. The number of amides is 1. The number of hydrogen-bond acceptors (Lipinski definition) is 5. The van der Waals surface area contributed by atoms with Crippen molar-refractivity contribution < 1.29 is 17.9 Å². The van der Waals surface area contributed by atoms with Crippen molar-refractivity contribution in [2.75, 3.05) is 25.5 Å². The molecular weight excluding hydrogens is 360 g/mol. The minimum absolute atomic E-state index is 0.0844. The molecule has 1 aromatic carbocycles. The van der Waals surface area contributed by atoms with Crippen LogP contribution in [0.5, 0.6) is 0 Å². The normalized spacial score (nSPS) is 15.4. The van der Waals surface area contributed by atoms with Crippen molar-refractivity contribution in [1.29, 1.82) is 0 Å². The Kier molecular flexibility index (Phi) is 5.53. The van der Waals surface area contributed by atoms with Gasteiger partial charge in [-0.1, -0.05) is 18.2 Å². The number of sulfonamides is 1. The van der Waals surface area contributed by atoms with Crippen molar-refractivity contribution in [3.63, 3.8) is 0 Å². The van der Waals surface area contributed by atoms with Crippen LogP contribution in [-0.4, -0.2) is 38.8 Å². The molecule has 1 aromatic heterocycles. The van der Waals surface area contributed by atoms with Crippen molar-refractivity contribution in [3.05, 3.63) is 46.2 Å². The molecule has 6 nitrogen and oxygen atoms in total. The summed E-state index contributed by atoms with van der Waals surface area (Å²) in [4.78, 5) is 13.0. The van der Waals surface area contributed by atoms with E-state index in [2.05, 4.69) is 5.32 Å². The molecule has 1 fully saturated rings. The summed E-state index contributed by atoms with van der Waals surface area (Å²) in [5.41, 5.74) is 1.45. The van der Waals surface area contributed by atoms with Gasteiger partial charge >= 0.3 is 0 Å². The molecule has 0 spiro atoms. The topological polar surface area (TPSA) is 75.7 Å². The van der Waals surface area contributed by atoms with Crippen molar-refractivity contribution in [3.8, 4) is 0 Å². The number of para-hydroxylation sites is 1. The van der Waals surface area contributed by atoms with Crippen LogP contribution in [0.15, 0.2) is 40.6 Å². The number of carbonyl (C=O) groups excluding carboxylic acids is 1. The number of methoxy groups -OCH3 is 1. The quantitative estimate of drug-likeness (QED) is 0.836. The fourth-order valence-electron chi connectivity index (χ4n) is 2.84. The first kappa shape index (κ1) is 18.1. The number of nitrogens with zero attached hydrogens (tertiary/aromatic N) is 1. The van der Waals surface area contributed by atoms with Crippen molar-refractivity contribution in [2.24, 2.45) is 0 Å². The van der Waals surface area contributed by atoms with Crippen LogP contribution in [0.3, 0.4) is 0 Å². The van der Waals surface area contributed by atoms with E-state index in [0.717, 1.165) is 29.7 Å². The van der Waals surface area contributed by atoms with Gasteiger partial charge in [-0.05, 0) is 30.4 Å². The monoisotopic (exact) mass is 380 g/mol. The highest BCUT2D eigenvalue weighted by atomic mass is 32.2. The first-order valence-corrected chi connectivity index (χ1v) is 10.3. The number of hydrogen-bond donors (Lipinski definition) is 1. The molecule has 0 atom stereocenters. The molecule has 0 unspecified atom stereocenters. The van der Waals surface area contributed by atoms with Crippen LogP contribution in [0.25, 0.3) is 0 Å². The second kappa shape index (κ2) is 7.65. The molecule has 2 aromatic rings. The molecule has 3 rings (SSSR count). The van der Waals surface area contributed by atoms with Crippen LogP contribution in [-0.2, 0) is 21.4 Å². The van der Waals surface area contributed by atoms with Crippen LogP contribution in [0.1, 0.15) is 28.1 Å². The maximum atomic E-state index is 12.8. The lowest BCUT2D eigenvalue weighted by atomic mass is 10.2. The number of ether oxygens (including phenoxy) is 1. The zero-order valence-corrected chi connectivity index (χ0v) is 15.5. The Hall–Kier alpha value is -1.74. The van der Waals surface area contributed by atoms with Crippen molar-refractivity contribution in [2.45, 2.75) is 24.3 Å². The van der Waals surface area contributed by atoms with Gasteiger partial charge in [-0.3, -0.25) is 4.79 Å². The maximum Gasteiger partial charge on any atom is 0.267 e. The number of benzene rings is 1. The van der Waals surface area contributed by atoms with Crippen LogP contribution in [0.2, 0.25) is 0 Å². The first-order chi connectivity index (χ1) is 12.0. The summed E-state index contributed by atoms with van der Waals surface area (Å²) in [7, 11) is -2.04. The summed E-state index contributed by atoms with van der Waals surface area (Å²) in [6.45, 7) is 1.38. The summed E-state index contributed by atoms with van der Waals surface area (Å²) in [6.07, 6.45) is 1.71. The summed E-state index contributed by atoms with van der Waals surface area (Å²) in [6, 6.07) is 8.81. The Morgan fingerprint density at radius 2 is 1.96 bits per heavy atom. The summed E-state index contributed by atoms with van der Waals surface area (Å²) < 4.78 is 32.1. The first-order valence-electron chi connectivity index (χ1n) is 8.00. The van der Waals surface area contributed by atoms with Gasteiger partial charge in [0.1, 0.15) is 9.77 Å². The minimum Gasteiger partial charge on any atom is -0.380 e. The summed E-state index contributed by atoms with van der Waals surface area (Å²) >= 11 is 1.13. The van der Waals surface area contributed by atoms with Crippen molar-refractivity contribution in [1.82, 2.24) is 4.31 Å². The van der Waals surface area contributed by atoms with Gasteiger partial charge in [-0.2, -0.15) is 4.31 Å². The number of carbonyl (C=O) groups is 1. The fraction of sp³-hybridized carbons (Fsp3) is 0.353. The molecular formula is C17H20N2O4S2. The smallest absolute Gasteiger partial charge is 0.267 e. The average Bonchev–Trinajstić information content (AvgIpc) is 3.29. The molecule has 0 radical (unpaired) electrons. The summed E-state index contributed by atoms with van der Waals surface area (Å²) in [5.74, 6) is -0.420. The number of nitrogens with one attached hydrogen (secondary N) is 1. The summed E-state index contributed by atoms with van der Waals surface area (Å²) in [5, 5.41) is 4.45. The van der Waals surface area contributed by atoms with E-state index in [1.54, 1.807) is 18.6 Å². The van der Waals surface area contributed by atoms with Crippen molar-refractivity contribution >= 4 is 33.0 Å². The van der Waals surface area contributed by atoms with Crippen LogP contribution in [0.4, 0.5) is 5.69 Å². The number of anilines is 1. The number of thiophene rings is 1. The third-order valence-corrected chi connectivity index (χ3v) is 7.07. The van der Waals surface area contributed by atoms with Crippen LogP contribution >= 0.6 is 11.3 Å². The Balaban J connectivity index is 1.86. The Bertz CT molecular complexity index is 855. The molecule has 1 N–H and O–H groups in total. The largest absolute Gasteiger partial charge is 0.380 e. The van der Waals surface area contributed by atoms with E-state index < -0.39 is 15.9 Å². The second-order valence-electron chi connectivity index (χ2n) is 5.77. The minimum atomic E-state index is -3.63. The van der Waals surface area contributed by atoms with Crippen LogP contribution in [0, 0.1) is 0 Å². The highest BCUT2D eigenvalue weighted by molar-refractivity contribution is 7.89. The molecule has 134 valence electrons. The lowest BCUT2D eigenvalue weighted by molar-refractivity contribution is 0.102. The predicted molar refractivity (Wildman–Crippen MR) is 97.4 cm³/mol. The van der Waals surface area contributed by atoms with Gasteiger partial charge in [-0.15, -0.1) is 11.3 Å². The third kappa shape index (κ3) is 3.77. The molecule has 0 aliphatic carbocycles. The van der Waals surface area contributed by atoms with Gasteiger partial charge in [0.2, 0.25) is 10.0 Å². The zero-order valence-electron chi connectivity index (χ0n) is 13.9. The van der Waals surface area contributed by atoms with E-state index in [-0.39, 0.29) is 9.77 Å². The molecule has 25 heavy (non-hydrogen) atoms. The third-order valence-electron chi connectivity index (χ3n) is 4.08. The van der Waals surface area contributed by atoms with E-state index >= 15 is 0 Å². The van der Waals surface area contributed by atoms with E-state index in [1.807, 2.05) is 18.2 Å². The molecule has 1 amide bonds. The number of rotatable bonds is 6.